The van der Waals surface area contributed by atoms with Gasteiger partial charge in [0.1, 0.15) is 0 Å². The maximum absolute atomic E-state index is 9.66. The summed E-state index contributed by atoms with van der Waals surface area (Å²) in [7, 11) is 0. The Hall–Kier alpha value is -0.560. The second-order valence-corrected chi connectivity index (χ2v) is 6.44. The number of allylic oxidation sites excluding steroid dienone is 3. The number of hydrogen-bond acceptors (Lipinski definition) is 1. The van der Waals surface area contributed by atoms with E-state index < -0.39 is 5.60 Å². The van der Waals surface area contributed by atoms with Crippen LogP contribution in [0.2, 0.25) is 0 Å². The number of fused-ring (bicyclic) bond motifs is 1. The van der Waals surface area contributed by atoms with Gasteiger partial charge in [-0.1, -0.05) is 30.7 Å². The quantitative estimate of drug-likeness (QED) is 0.719. The van der Waals surface area contributed by atoms with Crippen LogP contribution in [0.25, 0.3) is 0 Å². The van der Waals surface area contributed by atoms with Crippen molar-refractivity contribution >= 4 is 0 Å². The zero-order valence-corrected chi connectivity index (χ0v) is 11.0. The summed E-state index contributed by atoms with van der Waals surface area (Å²) in [6, 6.07) is 0. The predicted octanol–water partition coefficient (Wildman–Crippen LogP) is 3.70. The minimum atomic E-state index is -0.667. The van der Waals surface area contributed by atoms with Gasteiger partial charge >= 0.3 is 0 Å². The molecule has 1 fully saturated rings. The molecule has 1 nitrogen and oxygen atoms in total. The summed E-state index contributed by atoms with van der Waals surface area (Å²) in [6.45, 7) is 8.35. The van der Waals surface area contributed by atoms with Crippen molar-refractivity contribution in [3.05, 3.63) is 23.8 Å². The van der Waals surface area contributed by atoms with Gasteiger partial charge in [-0.05, 0) is 57.3 Å². The molecule has 1 heteroatoms. The SMILES string of the molecule is CC1=CC[C@@H]2C[C@H]1[C@@]2(C)C/C=C/C(C)(C)O. The van der Waals surface area contributed by atoms with Crippen molar-refractivity contribution in [1.29, 1.82) is 0 Å². The van der Waals surface area contributed by atoms with Crippen molar-refractivity contribution in [3.8, 4) is 0 Å². The van der Waals surface area contributed by atoms with Crippen LogP contribution < -0.4 is 0 Å². The van der Waals surface area contributed by atoms with E-state index in [0.717, 1.165) is 18.3 Å². The average molecular weight is 220 g/mol. The van der Waals surface area contributed by atoms with Crippen LogP contribution in [-0.2, 0) is 0 Å². The number of aliphatic hydroxyl groups is 1. The van der Waals surface area contributed by atoms with Gasteiger partial charge < -0.3 is 5.11 Å². The third-order valence-electron chi connectivity index (χ3n) is 4.61. The van der Waals surface area contributed by atoms with Gasteiger partial charge in [-0.15, -0.1) is 0 Å². The Labute approximate surface area is 99.3 Å². The van der Waals surface area contributed by atoms with Gasteiger partial charge in [0, 0.05) is 0 Å². The zero-order chi connectivity index (χ0) is 12.0. The van der Waals surface area contributed by atoms with Gasteiger partial charge in [0.05, 0.1) is 5.60 Å². The molecule has 3 atom stereocenters. The van der Waals surface area contributed by atoms with Gasteiger partial charge in [-0.3, -0.25) is 0 Å². The molecule has 0 aromatic rings. The lowest BCUT2D eigenvalue weighted by atomic mass is 9.47. The fourth-order valence-corrected chi connectivity index (χ4v) is 3.40. The van der Waals surface area contributed by atoms with E-state index in [1.807, 2.05) is 19.9 Å². The van der Waals surface area contributed by atoms with E-state index in [0.29, 0.717) is 5.41 Å². The fraction of sp³-hybridized carbons (Fsp3) is 0.733. The topological polar surface area (TPSA) is 20.2 Å². The van der Waals surface area contributed by atoms with Crippen LogP contribution in [0.15, 0.2) is 23.8 Å². The molecule has 2 bridgehead atoms. The third-order valence-corrected chi connectivity index (χ3v) is 4.61. The van der Waals surface area contributed by atoms with Crippen LogP contribution in [0, 0.1) is 17.3 Å². The number of rotatable bonds is 3. The second-order valence-electron chi connectivity index (χ2n) is 6.44. The van der Waals surface area contributed by atoms with Gasteiger partial charge in [0.2, 0.25) is 0 Å². The van der Waals surface area contributed by atoms with Crippen molar-refractivity contribution < 1.29 is 5.11 Å². The molecule has 0 radical (unpaired) electrons. The second kappa shape index (κ2) is 3.73. The van der Waals surface area contributed by atoms with Crippen molar-refractivity contribution in [2.24, 2.45) is 17.3 Å². The Morgan fingerprint density at radius 1 is 1.56 bits per heavy atom. The summed E-state index contributed by atoms with van der Waals surface area (Å²) in [6.07, 6.45) is 10.3. The molecule has 3 aliphatic carbocycles. The van der Waals surface area contributed by atoms with E-state index in [1.54, 1.807) is 5.57 Å². The first kappa shape index (κ1) is 11.9. The Morgan fingerprint density at radius 2 is 2.25 bits per heavy atom. The summed E-state index contributed by atoms with van der Waals surface area (Å²) < 4.78 is 0. The van der Waals surface area contributed by atoms with Crippen molar-refractivity contribution in [2.45, 2.75) is 52.6 Å². The van der Waals surface area contributed by atoms with Crippen molar-refractivity contribution in [1.82, 2.24) is 0 Å². The molecule has 0 amide bonds. The average Bonchev–Trinajstić information content (AvgIpc) is 2.14. The molecule has 0 saturated heterocycles. The first-order chi connectivity index (χ1) is 7.33. The summed E-state index contributed by atoms with van der Waals surface area (Å²) in [5, 5.41) is 9.66. The van der Waals surface area contributed by atoms with E-state index >= 15 is 0 Å². The summed E-state index contributed by atoms with van der Waals surface area (Å²) in [5.74, 6) is 1.66. The molecular formula is C15H24O. The van der Waals surface area contributed by atoms with E-state index in [4.69, 9.17) is 0 Å². The van der Waals surface area contributed by atoms with Crippen LogP contribution in [0.3, 0.4) is 0 Å². The van der Waals surface area contributed by atoms with Gasteiger partial charge in [-0.25, -0.2) is 0 Å². The molecule has 3 rings (SSSR count). The van der Waals surface area contributed by atoms with Crippen molar-refractivity contribution in [3.63, 3.8) is 0 Å². The molecule has 1 saturated carbocycles. The monoisotopic (exact) mass is 220 g/mol. The van der Waals surface area contributed by atoms with E-state index in [9.17, 15) is 5.11 Å². The maximum Gasteiger partial charge on any atom is 0.0771 e. The molecule has 0 heterocycles. The van der Waals surface area contributed by atoms with Gasteiger partial charge in [-0.2, -0.15) is 0 Å². The summed E-state index contributed by atoms with van der Waals surface area (Å²) in [4.78, 5) is 0. The predicted molar refractivity (Wildman–Crippen MR) is 68.1 cm³/mol. The highest BCUT2D eigenvalue weighted by Gasteiger charge is 2.52. The van der Waals surface area contributed by atoms with Gasteiger partial charge in [0.25, 0.3) is 0 Å². The molecule has 0 aromatic heterocycles. The van der Waals surface area contributed by atoms with Crippen LogP contribution in [-0.4, -0.2) is 10.7 Å². The molecule has 3 aliphatic rings. The highest BCUT2D eigenvalue weighted by atomic mass is 16.3. The van der Waals surface area contributed by atoms with Crippen molar-refractivity contribution in [2.75, 3.05) is 0 Å². The lowest BCUT2D eigenvalue weighted by molar-refractivity contribution is -0.0218. The summed E-state index contributed by atoms with van der Waals surface area (Å²) >= 11 is 0. The minimum absolute atomic E-state index is 0.459. The molecule has 1 N–H and O–H groups in total. The molecular weight excluding hydrogens is 196 g/mol. The molecule has 0 aromatic carbocycles. The van der Waals surface area contributed by atoms with Crippen LogP contribution in [0.4, 0.5) is 0 Å². The molecule has 16 heavy (non-hydrogen) atoms. The molecule has 0 aliphatic heterocycles. The Kier molecular flexibility index (Phi) is 2.78. The standard InChI is InChI=1S/C15H24O/c1-11-6-7-12-10-13(11)15(12,4)9-5-8-14(2,3)16/h5-6,8,12-13,16H,7,9-10H2,1-4H3/b8-5+/t12-,13-,15+/m1/s1. The normalized spacial score (nSPS) is 38.4. The van der Waals surface area contributed by atoms with E-state index in [1.165, 1.54) is 12.8 Å². The smallest absolute Gasteiger partial charge is 0.0771 e. The zero-order valence-electron chi connectivity index (χ0n) is 11.0. The fourth-order valence-electron chi connectivity index (χ4n) is 3.40. The lowest BCUT2D eigenvalue weighted by Crippen LogP contribution is -2.49. The van der Waals surface area contributed by atoms with Gasteiger partial charge in [0.15, 0.2) is 0 Å². The molecule has 0 unspecified atom stereocenters. The van der Waals surface area contributed by atoms with Crippen LogP contribution >= 0.6 is 0 Å². The Bertz CT molecular complexity index is 332. The Balaban J connectivity index is 2.01. The van der Waals surface area contributed by atoms with Crippen LogP contribution in [0.5, 0.6) is 0 Å². The number of hydrogen-bond donors (Lipinski definition) is 1. The summed E-state index contributed by atoms with van der Waals surface area (Å²) in [5.41, 5.74) is 1.38. The highest BCUT2D eigenvalue weighted by molar-refractivity contribution is 5.23. The third kappa shape index (κ3) is 1.98. The maximum atomic E-state index is 9.66. The molecule has 0 spiro atoms. The minimum Gasteiger partial charge on any atom is -0.386 e. The largest absolute Gasteiger partial charge is 0.386 e. The van der Waals surface area contributed by atoms with Crippen LogP contribution in [0.1, 0.15) is 47.0 Å². The molecule has 90 valence electrons. The Morgan fingerprint density at radius 3 is 2.75 bits per heavy atom. The highest BCUT2D eigenvalue weighted by Crippen LogP contribution is 2.61. The lowest BCUT2D eigenvalue weighted by Gasteiger charge is -2.57. The first-order valence-electron chi connectivity index (χ1n) is 6.40. The van der Waals surface area contributed by atoms with E-state index in [-0.39, 0.29) is 0 Å². The first-order valence-corrected chi connectivity index (χ1v) is 6.40. The van der Waals surface area contributed by atoms with E-state index in [2.05, 4.69) is 26.0 Å².